The van der Waals surface area contributed by atoms with Crippen molar-refractivity contribution in [3.8, 4) is 16.9 Å². The van der Waals surface area contributed by atoms with E-state index in [0.717, 1.165) is 27.8 Å². The summed E-state index contributed by atoms with van der Waals surface area (Å²) in [7, 11) is 0. The molecule has 0 saturated carbocycles. The Morgan fingerprint density at radius 1 is 0.955 bits per heavy atom. The summed E-state index contributed by atoms with van der Waals surface area (Å²) in [5.41, 5.74) is 3.63. The molecule has 0 aliphatic heterocycles. The Bertz CT molecular complexity index is 947. The zero-order valence-electron chi connectivity index (χ0n) is 11.5. The number of fused-ring (bicyclic) bond motifs is 1. The second-order valence-electron chi connectivity index (χ2n) is 4.91. The average Bonchev–Trinajstić information content (AvgIpc) is 3.04. The van der Waals surface area contributed by atoms with E-state index in [2.05, 4.69) is 15.3 Å². The standard InChI is InChI=1S/C17H11ClN4/c18-13-6-7-14-15(10-13)19-9-8-17(14)22-11-16(20-21-22)12-4-2-1-3-5-12/h1-11H. The van der Waals surface area contributed by atoms with E-state index in [1.165, 1.54) is 0 Å². The Morgan fingerprint density at radius 3 is 2.68 bits per heavy atom. The van der Waals surface area contributed by atoms with Gasteiger partial charge in [0.1, 0.15) is 5.69 Å². The molecule has 0 fully saturated rings. The van der Waals surface area contributed by atoms with E-state index in [4.69, 9.17) is 11.6 Å². The van der Waals surface area contributed by atoms with Gasteiger partial charge in [0.2, 0.25) is 0 Å². The molecule has 0 N–H and O–H groups in total. The molecule has 4 nitrogen and oxygen atoms in total. The molecule has 22 heavy (non-hydrogen) atoms. The Hall–Kier alpha value is -2.72. The summed E-state index contributed by atoms with van der Waals surface area (Å²) in [4.78, 5) is 4.35. The number of hydrogen-bond acceptors (Lipinski definition) is 3. The monoisotopic (exact) mass is 306 g/mol. The van der Waals surface area contributed by atoms with Gasteiger partial charge in [0.15, 0.2) is 0 Å². The van der Waals surface area contributed by atoms with E-state index >= 15 is 0 Å². The topological polar surface area (TPSA) is 43.6 Å². The molecule has 5 heteroatoms. The molecule has 0 saturated heterocycles. The molecule has 2 aromatic heterocycles. The number of pyridine rings is 1. The van der Waals surface area contributed by atoms with E-state index in [9.17, 15) is 0 Å². The van der Waals surface area contributed by atoms with Gasteiger partial charge in [-0.1, -0.05) is 47.1 Å². The molecule has 2 heterocycles. The fourth-order valence-corrected chi connectivity index (χ4v) is 2.60. The fourth-order valence-electron chi connectivity index (χ4n) is 2.43. The fraction of sp³-hybridized carbons (Fsp3) is 0. The quantitative estimate of drug-likeness (QED) is 0.559. The van der Waals surface area contributed by atoms with Crippen LogP contribution >= 0.6 is 11.6 Å². The highest BCUT2D eigenvalue weighted by Crippen LogP contribution is 2.24. The number of nitrogens with zero attached hydrogens (tertiary/aromatic N) is 4. The van der Waals surface area contributed by atoms with Crippen molar-refractivity contribution in [2.75, 3.05) is 0 Å². The lowest BCUT2D eigenvalue weighted by Crippen LogP contribution is -1.96. The average molecular weight is 307 g/mol. The largest absolute Gasteiger partial charge is 0.256 e. The van der Waals surface area contributed by atoms with Crippen LogP contribution in [0.25, 0.3) is 27.8 Å². The highest BCUT2D eigenvalue weighted by atomic mass is 35.5. The van der Waals surface area contributed by atoms with Crippen LogP contribution in [0, 0.1) is 0 Å². The van der Waals surface area contributed by atoms with Gasteiger partial charge >= 0.3 is 0 Å². The first-order chi connectivity index (χ1) is 10.8. The molecule has 0 aliphatic rings. The predicted octanol–water partition coefficient (Wildman–Crippen LogP) is 4.14. The highest BCUT2D eigenvalue weighted by Gasteiger charge is 2.08. The van der Waals surface area contributed by atoms with Gasteiger partial charge in [0.25, 0.3) is 0 Å². The third-order valence-electron chi connectivity index (χ3n) is 3.49. The first-order valence-corrected chi connectivity index (χ1v) is 7.21. The molecule has 0 bridgehead atoms. The summed E-state index contributed by atoms with van der Waals surface area (Å²) < 4.78 is 1.76. The van der Waals surface area contributed by atoms with Gasteiger partial charge in [-0.2, -0.15) is 0 Å². The van der Waals surface area contributed by atoms with Crippen LogP contribution in [0.5, 0.6) is 0 Å². The Balaban J connectivity index is 1.85. The maximum Gasteiger partial charge on any atom is 0.113 e. The predicted molar refractivity (Wildman–Crippen MR) is 87.1 cm³/mol. The van der Waals surface area contributed by atoms with Gasteiger partial charge in [-0.05, 0) is 24.3 Å². The van der Waals surface area contributed by atoms with E-state index in [0.29, 0.717) is 5.02 Å². The molecule has 4 rings (SSSR count). The van der Waals surface area contributed by atoms with Crippen molar-refractivity contribution in [3.63, 3.8) is 0 Å². The van der Waals surface area contributed by atoms with Crippen LogP contribution in [0.2, 0.25) is 5.02 Å². The second kappa shape index (κ2) is 5.24. The molecule has 0 radical (unpaired) electrons. The van der Waals surface area contributed by atoms with Gasteiger partial charge in [-0.25, -0.2) is 4.68 Å². The van der Waals surface area contributed by atoms with Crippen LogP contribution in [0.15, 0.2) is 67.0 Å². The van der Waals surface area contributed by atoms with E-state index in [-0.39, 0.29) is 0 Å². The molecule has 0 aliphatic carbocycles. The van der Waals surface area contributed by atoms with E-state index < -0.39 is 0 Å². The molecule has 0 unspecified atom stereocenters. The van der Waals surface area contributed by atoms with Crippen molar-refractivity contribution in [2.45, 2.75) is 0 Å². The number of halogens is 1. The molecule has 2 aromatic carbocycles. The first-order valence-electron chi connectivity index (χ1n) is 6.84. The van der Waals surface area contributed by atoms with Gasteiger partial charge in [0, 0.05) is 22.2 Å². The van der Waals surface area contributed by atoms with Gasteiger partial charge < -0.3 is 0 Å². The molecule has 4 aromatic rings. The van der Waals surface area contributed by atoms with E-state index in [1.54, 1.807) is 10.9 Å². The summed E-state index contributed by atoms with van der Waals surface area (Å²) >= 11 is 6.03. The number of benzene rings is 2. The maximum atomic E-state index is 6.03. The third kappa shape index (κ3) is 2.23. The highest BCUT2D eigenvalue weighted by molar-refractivity contribution is 6.31. The van der Waals surface area contributed by atoms with E-state index in [1.807, 2.05) is 60.8 Å². The van der Waals surface area contributed by atoms with Crippen molar-refractivity contribution in [2.24, 2.45) is 0 Å². The Labute approximate surface area is 132 Å². The van der Waals surface area contributed by atoms with Crippen molar-refractivity contribution >= 4 is 22.5 Å². The number of rotatable bonds is 2. The summed E-state index contributed by atoms with van der Waals surface area (Å²) in [6.45, 7) is 0. The molecule has 106 valence electrons. The van der Waals surface area contributed by atoms with Crippen LogP contribution < -0.4 is 0 Å². The summed E-state index contributed by atoms with van der Waals surface area (Å²) in [5, 5.41) is 10.1. The Kier molecular flexibility index (Phi) is 3.09. The lowest BCUT2D eigenvalue weighted by atomic mass is 10.1. The molecule has 0 spiro atoms. The smallest absolute Gasteiger partial charge is 0.113 e. The van der Waals surface area contributed by atoms with Gasteiger partial charge in [-0.15, -0.1) is 5.10 Å². The molecular formula is C17H11ClN4. The normalized spacial score (nSPS) is 11.0. The minimum atomic E-state index is 0.667. The van der Waals surface area contributed by atoms with Crippen molar-refractivity contribution in [3.05, 3.63) is 72.0 Å². The minimum Gasteiger partial charge on any atom is -0.256 e. The van der Waals surface area contributed by atoms with Gasteiger partial charge in [0.05, 0.1) is 17.4 Å². The zero-order chi connectivity index (χ0) is 14.9. The van der Waals surface area contributed by atoms with Crippen molar-refractivity contribution in [1.82, 2.24) is 20.0 Å². The second-order valence-corrected chi connectivity index (χ2v) is 5.34. The van der Waals surface area contributed by atoms with Crippen LogP contribution in [-0.2, 0) is 0 Å². The molecule has 0 amide bonds. The van der Waals surface area contributed by atoms with Crippen LogP contribution in [-0.4, -0.2) is 20.0 Å². The lowest BCUT2D eigenvalue weighted by Gasteiger charge is -2.05. The lowest BCUT2D eigenvalue weighted by molar-refractivity contribution is 0.808. The summed E-state index contributed by atoms with van der Waals surface area (Å²) in [6, 6.07) is 17.5. The minimum absolute atomic E-state index is 0.667. The van der Waals surface area contributed by atoms with Gasteiger partial charge in [-0.3, -0.25) is 4.98 Å². The van der Waals surface area contributed by atoms with Crippen molar-refractivity contribution < 1.29 is 0 Å². The molecular weight excluding hydrogens is 296 g/mol. The first kappa shape index (κ1) is 13.0. The maximum absolute atomic E-state index is 6.03. The zero-order valence-corrected chi connectivity index (χ0v) is 12.3. The number of aromatic nitrogens is 4. The molecule has 0 atom stereocenters. The van der Waals surface area contributed by atoms with Crippen LogP contribution in [0.4, 0.5) is 0 Å². The van der Waals surface area contributed by atoms with Crippen LogP contribution in [0.1, 0.15) is 0 Å². The van der Waals surface area contributed by atoms with Crippen molar-refractivity contribution in [1.29, 1.82) is 0 Å². The third-order valence-corrected chi connectivity index (χ3v) is 3.73. The summed E-state index contributed by atoms with van der Waals surface area (Å²) in [6.07, 6.45) is 3.66. The summed E-state index contributed by atoms with van der Waals surface area (Å²) in [5.74, 6) is 0. The van der Waals surface area contributed by atoms with Crippen LogP contribution in [0.3, 0.4) is 0 Å². The SMILES string of the molecule is Clc1ccc2c(-n3cc(-c4ccccc4)nn3)ccnc2c1. The Morgan fingerprint density at radius 2 is 1.82 bits per heavy atom. The number of hydrogen-bond donors (Lipinski definition) is 0.